The highest BCUT2D eigenvalue weighted by atomic mass is 32.2. The first-order chi connectivity index (χ1) is 9.29. The van der Waals surface area contributed by atoms with Gasteiger partial charge in [0.25, 0.3) is 0 Å². The van der Waals surface area contributed by atoms with Crippen LogP contribution in [0.15, 0.2) is 36.4 Å². The molecule has 1 fully saturated rings. The molecule has 1 amide bonds. The molecule has 1 aliphatic rings. The van der Waals surface area contributed by atoms with E-state index in [-0.39, 0.29) is 17.9 Å². The van der Waals surface area contributed by atoms with E-state index in [0.717, 1.165) is 16.6 Å². The molecule has 2 heterocycles. The van der Waals surface area contributed by atoms with Crippen molar-refractivity contribution >= 4 is 28.6 Å². The summed E-state index contributed by atoms with van der Waals surface area (Å²) in [5.41, 5.74) is 1.81. The Morgan fingerprint density at radius 1 is 1.32 bits per heavy atom. The van der Waals surface area contributed by atoms with Crippen LogP contribution >= 0.6 is 11.8 Å². The van der Waals surface area contributed by atoms with Crippen LogP contribution in [0.1, 0.15) is 11.1 Å². The van der Waals surface area contributed by atoms with Crippen molar-refractivity contribution in [3.63, 3.8) is 0 Å². The summed E-state index contributed by atoms with van der Waals surface area (Å²) in [4.78, 5) is 18.1. The lowest BCUT2D eigenvalue weighted by molar-refractivity contribution is -0.128. The Kier molecular flexibility index (Phi) is 3.40. The number of β-amino-alcohol motifs (C(OH)–C–C–N with tert-alkyl or cyclic N) is 1. The normalized spacial score (nSPS) is 19.3. The molecule has 0 bridgehead atoms. The number of hydrogen-bond acceptors (Lipinski definition) is 4. The highest BCUT2D eigenvalue weighted by molar-refractivity contribution is 8.00. The van der Waals surface area contributed by atoms with Crippen molar-refractivity contribution in [2.75, 3.05) is 18.9 Å². The fourth-order valence-electron chi connectivity index (χ4n) is 2.27. The fourth-order valence-corrected chi connectivity index (χ4v) is 3.44. The molecule has 5 heteroatoms. The minimum Gasteiger partial charge on any atom is -0.395 e. The molecule has 4 nitrogen and oxygen atoms in total. The molecule has 1 aromatic heterocycles. The zero-order valence-corrected chi connectivity index (χ0v) is 11.1. The van der Waals surface area contributed by atoms with Crippen molar-refractivity contribution in [3.05, 3.63) is 42.1 Å². The van der Waals surface area contributed by atoms with E-state index in [4.69, 9.17) is 5.11 Å². The maximum atomic E-state index is 11.8. The average Bonchev–Trinajstić information content (AvgIpc) is 2.80. The molecule has 19 heavy (non-hydrogen) atoms. The maximum Gasteiger partial charge on any atom is 0.233 e. The third-order valence-electron chi connectivity index (χ3n) is 3.18. The van der Waals surface area contributed by atoms with Crippen LogP contribution in [0.4, 0.5) is 0 Å². The Balaban J connectivity index is 1.97. The van der Waals surface area contributed by atoms with Gasteiger partial charge in [-0.05, 0) is 12.1 Å². The fraction of sp³-hybridized carbons (Fsp3) is 0.286. The van der Waals surface area contributed by atoms with Crippen LogP contribution in [0, 0.1) is 0 Å². The van der Waals surface area contributed by atoms with Gasteiger partial charge in [-0.1, -0.05) is 24.3 Å². The van der Waals surface area contributed by atoms with Gasteiger partial charge >= 0.3 is 0 Å². The quantitative estimate of drug-likeness (QED) is 0.927. The lowest BCUT2D eigenvalue weighted by atomic mass is 10.2. The van der Waals surface area contributed by atoms with E-state index in [1.807, 2.05) is 36.4 Å². The van der Waals surface area contributed by atoms with Crippen LogP contribution in [-0.4, -0.2) is 39.8 Å². The summed E-state index contributed by atoms with van der Waals surface area (Å²) >= 11 is 1.56. The minimum atomic E-state index is -0.0794. The van der Waals surface area contributed by atoms with Crippen molar-refractivity contribution < 1.29 is 9.90 Å². The van der Waals surface area contributed by atoms with Crippen molar-refractivity contribution in [2.24, 2.45) is 0 Å². The summed E-state index contributed by atoms with van der Waals surface area (Å²) in [5.74, 6) is 0.526. The summed E-state index contributed by atoms with van der Waals surface area (Å²) in [7, 11) is 0. The van der Waals surface area contributed by atoms with E-state index in [9.17, 15) is 4.79 Å². The van der Waals surface area contributed by atoms with Crippen LogP contribution in [0.5, 0.6) is 0 Å². The SMILES string of the molecule is O=C1CSC(c2ccc3ccccc3n2)N1CCO. The van der Waals surface area contributed by atoms with E-state index in [1.165, 1.54) is 0 Å². The van der Waals surface area contributed by atoms with Crippen molar-refractivity contribution in [1.82, 2.24) is 9.88 Å². The standard InChI is InChI=1S/C14H14N2O2S/c17-8-7-16-13(18)9-19-14(16)12-6-5-10-3-1-2-4-11(10)15-12/h1-6,14,17H,7-9H2. The van der Waals surface area contributed by atoms with Crippen molar-refractivity contribution in [1.29, 1.82) is 0 Å². The average molecular weight is 274 g/mol. The molecule has 0 radical (unpaired) electrons. The second-order valence-corrected chi connectivity index (χ2v) is 5.47. The Labute approximate surface area is 115 Å². The largest absolute Gasteiger partial charge is 0.395 e. The van der Waals surface area contributed by atoms with Gasteiger partial charge in [0.15, 0.2) is 0 Å². The van der Waals surface area contributed by atoms with Gasteiger partial charge in [0.05, 0.1) is 23.6 Å². The van der Waals surface area contributed by atoms with E-state index in [0.29, 0.717) is 12.3 Å². The number of thioether (sulfide) groups is 1. The Morgan fingerprint density at radius 2 is 2.16 bits per heavy atom. The van der Waals surface area contributed by atoms with E-state index >= 15 is 0 Å². The molecule has 0 saturated carbocycles. The number of aromatic nitrogens is 1. The summed E-state index contributed by atoms with van der Waals surface area (Å²) < 4.78 is 0. The van der Waals surface area contributed by atoms with Gasteiger partial charge in [0.1, 0.15) is 5.37 Å². The highest BCUT2D eigenvalue weighted by Crippen LogP contribution is 2.37. The van der Waals surface area contributed by atoms with Crippen molar-refractivity contribution in [3.8, 4) is 0 Å². The Bertz CT molecular complexity index is 617. The summed E-state index contributed by atoms with van der Waals surface area (Å²) in [5, 5.41) is 10.1. The van der Waals surface area contributed by atoms with Crippen LogP contribution < -0.4 is 0 Å². The topological polar surface area (TPSA) is 53.4 Å². The molecule has 1 atom stereocenters. The second-order valence-electron chi connectivity index (χ2n) is 4.40. The van der Waals surface area contributed by atoms with Gasteiger partial charge in [-0.2, -0.15) is 0 Å². The Hall–Kier alpha value is -1.59. The highest BCUT2D eigenvalue weighted by Gasteiger charge is 2.33. The number of para-hydroxylation sites is 1. The number of rotatable bonds is 3. The number of pyridine rings is 1. The monoisotopic (exact) mass is 274 g/mol. The number of carbonyl (C=O) groups excluding carboxylic acids is 1. The van der Waals surface area contributed by atoms with Crippen LogP contribution in [0.25, 0.3) is 10.9 Å². The van der Waals surface area contributed by atoms with E-state index in [1.54, 1.807) is 16.7 Å². The smallest absolute Gasteiger partial charge is 0.233 e. The maximum absolute atomic E-state index is 11.8. The number of carbonyl (C=O) groups is 1. The van der Waals surface area contributed by atoms with Gasteiger partial charge in [-0.3, -0.25) is 4.79 Å². The molecule has 1 unspecified atom stereocenters. The van der Waals surface area contributed by atoms with Gasteiger partial charge in [-0.15, -0.1) is 11.8 Å². The summed E-state index contributed by atoms with van der Waals surface area (Å²) in [6, 6.07) is 11.9. The zero-order chi connectivity index (χ0) is 13.2. The molecule has 0 spiro atoms. The van der Waals surface area contributed by atoms with Crippen LogP contribution in [0.3, 0.4) is 0 Å². The van der Waals surface area contributed by atoms with E-state index in [2.05, 4.69) is 4.98 Å². The second kappa shape index (κ2) is 5.19. The first-order valence-electron chi connectivity index (χ1n) is 6.17. The van der Waals surface area contributed by atoms with Gasteiger partial charge < -0.3 is 10.0 Å². The Morgan fingerprint density at radius 3 is 3.00 bits per heavy atom. The van der Waals surface area contributed by atoms with Crippen LogP contribution in [0.2, 0.25) is 0 Å². The van der Waals surface area contributed by atoms with E-state index < -0.39 is 0 Å². The molecular formula is C14H14N2O2S. The van der Waals surface area contributed by atoms with Crippen LogP contribution in [-0.2, 0) is 4.79 Å². The molecule has 1 aromatic carbocycles. The molecular weight excluding hydrogens is 260 g/mol. The first-order valence-corrected chi connectivity index (χ1v) is 7.22. The summed E-state index contributed by atoms with van der Waals surface area (Å²) in [6.07, 6.45) is 0. The summed E-state index contributed by atoms with van der Waals surface area (Å²) in [6.45, 7) is 0.349. The predicted octanol–water partition coefficient (Wildman–Crippen LogP) is 1.80. The lowest BCUT2D eigenvalue weighted by Gasteiger charge is -2.22. The first kappa shape index (κ1) is 12.4. The van der Waals surface area contributed by atoms with Gasteiger partial charge in [-0.25, -0.2) is 4.98 Å². The molecule has 0 aliphatic carbocycles. The number of aliphatic hydroxyl groups is 1. The molecule has 2 aromatic rings. The number of benzene rings is 1. The zero-order valence-electron chi connectivity index (χ0n) is 10.3. The molecule has 1 N–H and O–H groups in total. The number of hydrogen-bond donors (Lipinski definition) is 1. The number of aliphatic hydroxyl groups excluding tert-OH is 1. The molecule has 3 rings (SSSR count). The lowest BCUT2D eigenvalue weighted by Crippen LogP contribution is -2.31. The minimum absolute atomic E-state index is 0.0175. The molecule has 1 aliphatic heterocycles. The van der Waals surface area contributed by atoms with Gasteiger partial charge in [0.2, 0.25) is 5.91 Å². The number of fused-ring (bicyclic) bond motifs is 1. The molecule has 98 valence electrons. The number of amides is 1. The third-order valence-corrected chi connectivity index (χ3v) is 4.41. The van der Waals surface area contributed by atoms with Gasteiger partial charge in [0, 0.05) is 11.9 Å². The third kappa shape index (κ3) is 2.31. The molecule has 1 saturated heterocycles. The predicted molar refractivity (Wildman–Crippen MR) is 75.7 cm³/mol. The van der Waals surface area contributed by atoms with Crippen molar-refractivity contribution in [2.45, 2.75) is 5.37 Å². The number of nitrogens with zero attached hydrogens (tertiary/aromatic N) is 2.